The molecule has 2 aromatic carbocycles. The van der Waals surface area contributed by atoms with E-state index in [0.29, 0.717) is 23.8 Å². The van der Waals surface area contributed by atoms with Gasteiger partial charge in [0.05, 0.1) is 31.2 Å². The van der Waals surface area contributed by atoms with E-state index in [0.717, 1.165) is 37.2 Å². The Kier molecular flexibility index (Phi) is 7.13. The Morgan fingerprint density at radius 2 is 1.94 bits per heavy atom. The molecular formula is C27H31N3O3. The third kappa shape index (κ3) is 5.11. The molecule has 1 aliphatic carbocycles. The van der Waals surface area contributed by atoms with Gasteiger partial charge in [0.15, 0.2) is 0 Å². The van der Waals surface area contributed by atoms with E-state index >= 15 is 0 Å². The number of nitrogens with one attached hydrogen (secondary N) is 1. The van der Waals surface area contributed by atoms with E-state index in [1.54, 1.807) is 18.5 Å². The molecule has 6 nitrogen and oxygen atoms in total. The number of benzene rings is 2. The quantitative estimate of drug-likeness (QED) is 0.458. The van der Waals surface area contributed by atoms with Crippen LogP contribution in [-0.4, -0.2) is 38.3 Å². The van der Waals surface area contributed by atoms with Crippen LogP contribution < -0.4 is 15.0 Å². The van der Waals surface area contributed by atoms with Crippen molar-refractivity contribution in [2.24, 2.45) is 0 Å². The van der Waals surface area contributed by atoms with Crippen molar-refractivity contribution >= 4 is 23.0 Å². The molecule has 0 fully saturated rings. The van der Waals surface area contributed by atoms with Crippen LogP contribution >= 0.6 is 0 Å². The van der Waals surface area contributed by atoms with Gasteiger partial charge in [-0.2, -0.15) is 0 Å². The van der Waals surface area contributed by atoms with Gasteiger partial charge in [0.1, 0.15) is 5.75 Å². The average Bonchev–Trinajstić information content (AvgIpc) is 2.87. The maximum Gasteiger partial charge on any atom is 0.340 e. The number of anilines is 3. The highest BCUT2D eigenvalue weighted by Crippen LogP contribution is 2.36. The number of ether oxygens (including phenoxy) is 2. The Morgan fingerprint density at radius 3 is 2.70 bits per heavy atom. The van der Waals surface area contributed by atoms with Crippen molar-refractivity contribution < 1.29 is 14.3 Å². The van der Waals surface area contributed by atoms with Gasteiger partial charge in [-0.05, 0) is 79.8 Å². The summed E-state index contributed by atoms with van der Waals surface area (Å²) in [7, 11) is 3.49. The number of hydrogen-bond acceptors (Lipinski definition) is 6. The second-order valence-corrected chi connectivity index (χ2v) is 8.25. The first-order chi connectivity index (χ1) is 16.1. The summed E-state index contributed by atoms with van der Waals surface area (Å²) < 4.78 is 10.5. The monoisotopic (exact) mass is 445 g/mol. The molecule has 6 heteroatoms. The fraction of sp³-hybridized carbons (Fsp3) is 0.333. The second kappa shape index (κ2) is 10.4. The Bertz CT molecular complexity index is 1100. The molecule has 4 rings (SSSR count). The van der Waals surface area contributed by atoms with Gasteiger partial charge in [0.25, 0.3) is 0 Å². The maximum absolute atomic E-state index is 12.1. The number of fused-ring (bicyclic) bond motifs is 1. The van der Waals surface area contributed by atoms with Gasteiger partial charge < -0.3 is 19.7 Å². The van der Waals surface area contributed by atoms with Gasteiger partial charge in [0, 0.05) is 37.1 Å². The van der Waals surface area contributed by atoms with E-state index in [1.165, 1.54) is 23.9 Å². The first kappa shape index (κ1) is 22.6. The zero-order chi connectivity index (χ0) is 23.2. The first-order valence-corrected chi connectivity index (χ1v) is 11.5. The molecule has 33 heavy (non-hydrogen) atoms. The van der Waals surface area contributed by atoms with Gasteiger partial charge in [-0.15, -0.1) is 0 Å². The van der Waals surface area contributed by atoms with Gasteiger partial charge in [0.2, 0.25) is 0 Å². The number of pyridine rings is 1. The van der Waals surface area contributed by atoms with Crippen LogP contribution in [0.5, 0.6) is 5.75 Å². The largest absolute Gasteiger partial charge is 0.494 e. The van der Waals surface area contributed by atoms with E-state index < -0.39 is 0 Å². The maximum atomic E-state index is 12.1. The topological polar surface area (TPSA) is 63.7 Å². The molecule has 3 aromatic rings. The number of carbonyl (C=O) groups is 1. The summed E-state index contributed by atoms with van der Waals surface area (Å²) in [5.74, 6) is 0.912. The van der Waals surface area contributed by atoms with Crippen LogP contribution in [0.15, 0.2) is 60.9 Å². The number of nitrogens with zero attached hydrogens (tertiary/aromatic N) is 2. The Hall–Kier alpha value is -3.54. The average molecular weight is 446 g/mol. The highest BCUT2D eigenvalue weighted by Gasteiger charge is 2.22. The van der Waals surface area contributed by atoms with Gasteiger partial charge in [-0.25, -0.2) is 4.79 Å². The van der Waals surface area contributed by atoms with Crippen molar-refractivity contribution in [1.29, 1.82) is 0 Å². The number of carbonyl (C=O) groups excluding carboxylic acids is 1. The molecule has 172 valence electrons. The molecule has 0 radical (unpaired) electrons. The molecule has 0 saturated carbocycles. The van der Waals surface area contributed by atoms with Crippen LogP contribution in [0.2, 0.25) is 0 Å². The smallest absolute Gasteiger partial charge is 0.340 e. The number of hydrogen-bond donors (Lipinski definition) is 1. The van der Waals surface area contributed by atoms with Crippen molar-refractivity contribution in [1.82, 2.24) is 4.98 Å². The lowest BCUT2D eigenvalue weighted by Crippen LogP contribution is -2.20. The molecule has 0 saturated heterocycles. The van der Waals surface area contributed by atoms with Crippen molar-refractivity contribution in [2.45, 2.75) is 32.1 Å². The van der Waals surface area contributed by atoms with Crippen molar-refractivity contribution in [2.75, 3.05) is 37.5 Å². The summed E-state index contributed by atoms with van der Waals surface area (Å²) in [6.45, 7) is 3.41. The molecule has 1 aromatic heterocycles. The summed E-state index contributed by atoms with van der Waals surface area (Å²) in [6, 6.07) is 16.6. The molecule has 0 spiro atoms. The number of esters is 1. The molecule has 0 amide bonds. The lowest BCUT2D eigenvalue weighted by atomic mass is 9.82. The van der Waals surface area contributed by atoms with Crippen LogP contribution in [0, 0.1) is 0 Å². The lowest BCUT2D eigenvalue weighted by molar-refractivity contribution is 0.0601. The fourth-order valence-electron chi connectivity index (χ4n) is 4.46. The Labute approximate surface area is 195 Å². The lowest BCUT2D eigenvalue weighted by Gasteiger charge is -2.28. The van der Waals surface area contributed by atoms with Crippen molar-refractivity contribution in [3.8, 4) is 5.75 Å². The Balaban J connectivity index is 1.49. The predicted octanol–water partition coefficient (Wildman–Crippen LogP) is 5.57. The number of aromatic nitrogens is 1. The standard InChI is InChI=1S/C27H31N3O3/c1-4-33-23-11-8-21(9-12-23)30(2)22-10-13-24-19(16-22)6-5-7-20(24)17-29-26-18-28-15-14-25(26)27(31)32-3/h8-16,18,20,29H,4-7,17H2,1-3H3/t20-/m0/s1. The molecule has 1 heterocycles. The molecule has 0 aliphatic heterocycles. The number of aryl methyl sites for hydroxylation is 1. The molecule has 0 unspecified atom stereocenters. The molecule has 1 atom stereocenters. The number of rotatable bonds is 8. The van der Waals surface area contributed by atoms with E-state index in [1.807, 2.05) is 19.1 Å². The van der Waals surface area contributed by atoms with Crippen molar-refractivity contribution in [3.05, 3.63) is 77.6 Å². The van der Waals surface area contributed by atoms with E-state index in [4.69, 9.17) is 9.47 Å². The van der Waals surface area contributed by atoms with E-state index in [-0.39, 0.29) is 5.97 Å². The van der Waals surface area contributed by atoms with E-state index in [9.17, 15) is 4.79 Å². The minimum absolute atomic E-state index is 0.356. The van der Waals surface area contributed by atoms with Gasteiger partial charge >= 0.3 is 5.97 Å². The zero-order valence-electron chi connectivity index (χ0n) is 19.5. The summed E-state index contributed by atoms with van der Waals surface area (Å²) in [5, 5.41) is 3.43. The van der Waals surface area contributed by atoms with Crippen LogP contribution in [0.4, 0.5) is 17.1 Å². The fourth-order valence-corrected chi connectivity index (χ4v) is 4.46. The summed E-state index contributed by atoms with van der Waals surface area (Å²) in [4.78, 5) is 18.4. The summed E-state index contributed by atoms with van der Waals surface area (Å²) in [6.07, 6.45) is 6.63. The molecule has 1 aliphatic rings. The highest BCUT2D eigenvalue weighted by molar-refractivity contribution is 5.95. The van der Waals surface area contributed by atoms with Crippen molar-refractivity contribution in [3.63, 3.8) is 0 Å². The second-order valence-electron chi connectivity index (χ2n) is 8.25. The van der Waals surface area contributed by atoms with Crippen LogP contribution in [0.3, 0.4) is 0 Å². The zero-order valence-corrected chi connectivity index (χ0v) is 19.5. The van der Waals surface area contributed by atoms with E-state index in [2.05, 4.69) is 52.6 Å². The Morgan fingerprint density at radius 1 is 1.15 bits per heavy atom. The van der Waals surface area contributed by atoms with Crippen LogP contribution in [0.25, 0.3) is 0 Å². The minimum atomic E-state index is -0.356. The van der Waals surface area contributed by atoms with Crippen LogP contribution in [0.1, 0.15) is 47.2 Å². The number of methoxy groups -OCH3 is 1. The predicted molar refractivity (Wildman–Crippen MR) is 132 cm³/mol. The molecular weight excluding hydrogens is 414 g/mol. The van der Waals surface area contributed by atoms with Gasteiger partial charge in [-0.1, -0.05) is 6.07 Å². The van der Waals surface area contributed by atoms with Crippen LogP contribution in [-0.2, 0) is 11.2 Å². The SMILES string of the molecule is CCOc1ccc(N(C)c2ccc3c(c2)CCC[C@H]3CNc2cnccc2C(=O)OC)cc1. The third-order valence-corrected chi connectivity index (χ3v) is 6.25. The highest BCUT2D eigenvalue weighted by atomic mass is 16.5. The summed E-state index contributed by atoms with van der Waals surface area (Å²) >= 11 is 0. The summed E-state index contributed by atoms with van der Waals surface area (Å²) in [5.41, 5.74) is 6.29. The normalized spacial score (nSPS) is 14.8. The third-order valence-electron chi connectivity index (χ3n) is 6.25. The first-order valence-electron chi connectivity index (χ1n) is 11.5. The minimum Gasteiger partial charge on any atom is -0.494 e. The molecule has 1 N–H and O–H groups in total. The van der Waals surface area contributed by atoms with Gasteiger partial charge in [-0.3, -0.25) is 4.98 Å². The molecule has 0 bridgehead atoms.